The van der Waals surface area contributed by atoms with Crippen molar-refractivity contribution in [1.82, 2.24) is 10.6 Å². The third-order valence-electron chi connectivity index (χ3n) is 3.86. The maximum atomic E-state index is 11.9. The van der Waals surface area contributed by atoms with Crippen LogP contribution in [0.25, 0.3) is 0 Å². The Morgan fingerprint density at radius 3 is 1.85 bits per heavy atom. The Morgan fingerprint density at radius 2 is 1.37 bits per heavy atom. The summed E-state index contributed by atoms with van der Waals surface area (Å²) in [6.07, 6.45) is 0.785. The predicted octanol–water partition coefficient (Wildman–Crippen LogP) is 3.29. The molecule has 140 valence electrons. The van der Waals surface area contributed by atoms with Gasteiger partial charge < -0.3 is 10.6 Å². The van der Waals surface area contributed by atoms with Gasteiger partial charge >= 0.3 is 0 Å². The van der Waals surface area contributed by atoms with Gasteiger partial charge in [0.15, 0.2) is 0 Å². The van der Waals surface area contributed by atoms with Crippen molar-refractivity contribution >= 4 is 11.8 Å². The summed E-state index contributed by atoms with van der Waals surface area (Å²) in [4.78, 5) is 23.0. The number of nitrogens with one attached hydrogen (secondary N) is 2. The molecule has 2 N–H and O–H groups in total. The topological polar surface area (TPSA) is 58.2 Å². The van der Waals surface area contributed by atoms with Gasteiger partial charge in [-0.2, -0.15) is 0 Å². The van der Waals surface area contributed by atoms with Crippen molar-refractivity contribution in [3.8, 4) is 11.8 Å². The number of benzene rings is 2. The summed E-state index contributed by atoms with van der Waals surface area (Å²) in [7, 11) is 0. The highest BCUT2D eigenvalue weighted by Gasteiger charge is 2.06. The molecular weight excluding hydrogens is 336 g/mol. The zero-order chi connectivity index (χ0) is 19.8. The molecule has 4 nitrogen and oxygen atoms in total. The summed E-state index contributed by atoms with van der Waals surface area (Å²) < 4.78 is 0. The van der Waals surface area contributed by atoms with Crippen LogP contribution >= 0.6 is 0 Å². The van der Waals surface area contributed by atoms with E-state index in [1.54, 1.807) is 12.1 Å². The first-order valence-electron chi connectivity index (χ1n) is 9.12. The fraction of sp³-hybridized carbons (Fsp3) is 0.304. The zero-order valence-corrected chi connectivity index (χ0v) is 16.3. The van der Waals surface area contributed by atoms with E-state index < -0.39 is 0 Å². The largest absolute Gasteiger partial charge is 0.354 e. The third-order valence-corrected chi connectivity index (χ3v) is 3.86. The van der Waals surface area contributed by atoms with Crippen LogP contribution in [0, 0.1) is 11.8 Å². The second kappa shape index (κ2) is 9.59. The molecule has 0 bridgehead atoms. The normalized spacial score (nSPS) is 11.3. The second-order valence-corrected chi connectivity index (χ2v) is 6.96. The Hall–Kier alpha value is -3.06. The number of carbonyl (C=O) groups excluding carboxylic acids is 2. The predicted molar refractivity (Wildman–Crippen MR) is 108 cm³/mol. The lowest BCUT2D eigenvalue weighted by Gasteiger charge is -2.12. The van der Waals surface area contributed by atoms with Gasteiger partial charge in [-0.25, -0.2) is 0 Å². The average molecular weight is 362 g/mol. The molecule has 1 unspecified atom stereocenters. The summed E-state index contributed by atoms with van der Waals surface area (Å²) in [6, 6.07) is 15.5. The SMILES string of the molecule is CC(=O)NC(C)Cc1ccc(C#Cc2ccc(C(=O)NC(C)C)cc2)cc1. The van der Waals surface area contributed by atoms with E-state index >= 15 is 0 Å². The molecule has 0 heterocycles. The fourth-order valence-electron chi connectivity index (χ4n) is 2.67. The lowest BCUT2D eigenvalue weighted by Crippen LogP contribution is -2.31. The van der Waals surface area contributed by atoms with E-state index in [9.17, 15) is 9.59 Å². The van der Waals surface area contributed by atoms with Crippen molar-refractivity contribution in [2.24, 2.45) is 0 Å². The van der Waals surface area contributed by atoms with Gasteiger partial charge in [-0.15, -0.1) is 0 Å². The van der Waals surface area contributed by atoms with Crippen LogP contribution in [0.5, 0.6) is 0 Å². The quantitative estimate of drug-likeness (QED) is 0.802. The standard InChI is InChI=1S/C23H26N2O2/c1-16(2)24-23(27)22-13-11-20(12-14-22)6-5-19-7-9-21(10-8-19)15-17(3)25-18(4)26/h7-14,16-17H,15H2,1-4H3,(H,24,27)(H,25,26). The molecule has 0 aromatic heterocycles. The molecular formula is C23H26N2O2. The van der Waals surface area contributed by atoms with Crippen molar-refractivity contribution in [2.45, 2.75) is 46.2 Å². The lowest BCUT2D eigenvalue weighted by molar-refractivity contribution is -0.119. The molecule has 27 heavy (non-hydrogen) atoms. The maximum absolute atomic E-state index is 11.9. The molecule has 0 aliphatic heterocycles. The van der Waals surface area contributed by atoms with Gasteiger partial charge in [-0.1, -0.05) is 24.0 Å². The van der Waals surface area contributed by atoms with Crippen LogP contribution in [0.1, 0.15) is 54.7 Å². The first-order valence-corrected chi connectivity index (χ1v) is 9.12. The van der Waals surface area contributed by atoms with E-state index in [0.717, 1.165) is 23.1 Å². The second-order valence-electron chi connectivity index (χ2n) is 6.96. The maximum Gasteiger partial charge on any atom is 0.251 e. The molecule has 0 saturated heterocycles. The molecule has 2 amide bonds. The molecule has 0 spiro atoms. The number of hydrogen-bond acceptors (Lipinski definition) is 2. The Bertz CT molecular complexity index is 841. The molecule has 2 aromatic rings. The van der Waals surface area contributed by atoms with Crippen LogP contribution in [0.15, 0.2) is 48.5 Å². The molecule has 0 saturated carbocycles. The highest BCUT2D eigenvalue weighted by molar-refractivity contribution is 5.94. The monoisotopic (exact) mass is 362 g/mol. The molecule has 2 aromatic carbocycles. The van der Waals surface area contributed by atoms with Gasteiger partial charge in [0.25, 0.3) is 5.91 Å². The van der Waals surface area contributed by atoms with Crippen molar-refractivity contribution in [1.29, 1.82) is 0 Å². The van der Waals surface area contributed by atoms with Gasteiger partial charge in [-0.3, -0.25) is 9.59 Å². The highest BCUT2D eigenvalue weighted by Crippen LogP contribution is 2.08. The smallest absolute Gasteiger partial charge is 0.251 e. The number of amides is 2. The van der Waals surface area contributed by atoms with Crippen LogP contribution in [0.3, 0.4) is 0 Å². The van der Waals surface area contributed by atoms with Crippen LogP contribution in [-0.2, 0) is 11.2 Å². The minimum Gasteiger partial charge on any atom is -0.354 e. The first-order chi connectivity index (χ1) is 12.8. The zero-order valence-electron chi connectivity index (χ0n) is 16.3. The van der Waals surface area contributed by atoms with Crippen molar-refractivity contribution in [2.75, 3.05) is 0 Å². The first kappa shape index (κ1) is 20.3. The molecule has 0 aliphatic rings. The number of hydrogen-bond donors (Lipinski definition) is 2. The van der Waals surface area contributed by atoms with Crippen LogP contribution in [-0.4, -0.2) is 23.9 Å². The minimum absolute atomic E-state index is 0.0160. The van der Waals surface area contributed by atoms with Crippen LogP contribution < -0.4 is 10.6 Å². The Morgan fingerprint density at radius 1 is 0.852 bits per heavy atom. The van der Waals surface area contributed by atoms with Gasteiger partial charge in [-0.05, 0) is 69.2 Å². The summed E-state index contributed by atoms with van der Waals surface area (Å²) >= 11 is 0. The number of carbonyl (C=O) groups is 2. The van der Waals surface area contributed by atoms with E-state index in [2.05, 4.69) is 22.5 Å². The molecule has 1 atom stereocenters. The van der Waals surface area contributed by atoms with E-state index in [1.165, 1.54) is 6.92 Å². The van der Waals surface area contributed by atoms with E-state index in [4.69, 9.17) is 0 Å². The summed E-state index contributed by atoms with van der Waals surface area (Å²) in [5.41, 5.74) is 3.57. The fourth-order valence-corrected chi connectivity index (χ4v) is 2.67. The average Bonchev–Trinajstić information content (AvgIpc) is 2.60. The van der Waals surface area contributed by atoms with Crippen molar-refractivity contribution in [3.05, 3.63) is 70.8 Å². The van der Waals surface area contributed by atoms with Crippen LogP contribution in [0.2, 0.25) is 0 Å². The highest BCUT2D eigenvalue weighted by atomic mass is 16.2. The molecule has 2 rings (SSSR count). The van der Waals surface area contributed by atoms with E-state index in [0.29, 0.717) is 5.56 Å². The van der Waals surface area contributed by atoms with Gasteiger partial charge in [0.1, 0.15) is 0 Å². The van der Waals surface area contributed by atoms with Crippen molar-refractivity contribution < 1.29 is 9.59 Å². The molecule has 4 heteroatoms. The summed E-state index contributed by atoms with van der Waals surface area (Å²) in [6.45, 7) is 7.38. The van der Waals surface area contributed by atoms with E-state index in [1.807, 2.05) is 57.2 Å². The third kappa shape index (κ3) is 6.99. The molecule has 0 fully saturated rings. The number of rotatable bonds is 5. The van der Waals surface area contributed by atoms with Gasteiger partial charge in [0, 0.05) is 35.7 Å². The minimum atomic E-state index is -0.0754. The van der Waals surface area contributed by atoms with Crippen LogP contribution in [0.4, 0.5) is 0 Å². The van der Waals surface area contributed by atoms with Gasteiger partial charge in [0.2, 0.25) is 5.91 Å². The van der Waals surface area contributed by atoms with Gasteiger partial charge in [0.05, 0.1) is 0 Å². The Labute approximate surface area is 161 Å². The molecule has 0 radical (unpaired) electrons. The molecule has 0 aliphatic carbocycles. The van der Waals surface area contributed by atoms with Crippen molar-refractivity contribution in [3.63, 3.8) is 0 Å². The lowest BCUT2D eigenvalue weighted by atomic mass is 10.0. The Balaban J connectivity index is 1.99. The Kier molecular flexibility index (Phi) is 7.19. The van der Waals surface area contributed by atoms with E-state index in [-0.39, 0.29) is 23.9 Å². The summed E-state index contributed by atoms with van der Waals surface area (Å²) in [5.74, 6) is 6.16. The summed E-state index contributed by atoms with van der Waals surface area (Å²) in [5, 5.41) is 5.75.